The lowest BCUT2D eigenvalue weighted by Crippen LogP contribution is -1.93. The van der Waals surface area contributed by atoms with Crippen molar-refractivity contribution in [3.8, 4) is 0 Å². The normalized spacial score (nSPS) is 16.7. The van der Waals surface area contributed by atoms with Crippen molar-refractivity contribution in [3.63, 3.8) is 0 Å². The van der Waals surface area contributed by atoms with E-state index >= 15 is 0 Å². The van der Waals surface area contributed by atoms with Crippen molar-refractivity contribution in [1.82, 2.24) is 0 Å². The fourth-order valence-corrected chi connectivity index (χ4v) is 1.54. The number of carbonyl (C=O) groups is 1. The molecule has 0 aromatic heterocycles. The first kappa shape index (κ1) is 11.0. The first-order valence-corrected chi connectivity index (χ1v) is 5.34. The van der Waals surface area contributed by atoms with Gasteiger partial charge in [0.25, 0.3) is 0 Å². The summed E-state index contributed by atoms with van der Waals surface area (Å²) in [7, 11) is 0. The summed E-state index contributed by atoms with van der Waals surface area (Å²) in [4.78, 5) is 11.3. The number of hydrogen-bond acceptors (Lipinski definition) is 1. The van der Waals surface area contributed by atoms with Crippen LogP contribution < -0.4 is 0 Å². The second-order valence-corrected chi connectivity index (χ2v) is 3.65. The number of ketones is 1. The number of rotatable bonds is 5. The molecule has 0 saturated carbocycles. The van der Waals surface area contributed by atoms with Gasteiger partial charge < -0.3 is 0 Å². The van der Waals surface area contributed by atoms with Crippen molar-refractivity contribution < 1.29 is 4.79 Å². The Morgan fingerprint density at radius 2 is 2.36 bits per heavy atom. The van der Waals surface area contributed by atoms with E-state index in [1.54, 1.807) is 12.2 Å². The summed E-state index contributed by atoms with van der Waals surface area (Å²) in [5.41, 5.74) is 1.32. The molecule has 0 heterocycles. The Morgan fingerprint density at radius 3 is 3.00 bits per heavy atom. The minimum Gasteiger partial charge on any atom is -0.295 e. The summed E-state index contributed by atoms with van der Waals surface area (Å²) in [6.07, 6.45) is 13.9. The molecule has 0 unspecified atom stereocenters. The molecule has 0 bridgehead atoms. The van der Waals surface area contributed by atoms with E-state index in [1.807, 2.05) is 6.08 Å². The molecule has 0 aromatic rings. The van der Waals surface area contributed by atoms with Gasteiger partial charge in [0.1, 0.15) is 0 Å². The Morgan fingerprint density at radius 1 is 1.50 bits per heavy atom. The largest absolute Gasteiger partial charge is 0.295 e. The van der Waals surface area contributed by atoms with Crippen LogP contribution in [0.25, 0.3) is 0 Å². The summed E-state index contributed by atoms with van der Waals surface area (Å²) in [5, 5.41) is 0. The molecule has 0 amide bonds. The van der Waals surface area contributed by atoms with E-state index in [-0.39, 0.29) is 5.78 Å². The van der Waals surface area contributed by atoms with Crippen molar-refractivity contribution in [2.24, 2.45) is 0 Å². The van der Waals surface area contributed by atoms with Crippen molar-refractivity contribution in [1.29, 1.82) is 0 Å². The Balaban J connectivity index is 2.34. The van der Waals surface area contributed by atoms with Crippen LogP contribution >= 0.6 is 0 Å². The molecule has 0 fully saturated rings. The number of carbonyl (C=O) groups excluding carboxylic acids is 1. The minimum atomic E-state index is 0.205. The van der Waals surface area contributed by atoms with Crippen LogP contribution in [0.15, 0.2) is 36.5 Å². The topological polar surface area (TPSA) is 17.1 Å². The highest BCUT2D eigenvalue weighted by atomic mass is 16.1. The Labute approximate surface area is 86.2 Å². The van der Waals surface area contributed by atoms with E-state index in [2.05, 4.69) is 12.7 Å². The molecule has 0 N–H and O–H groups in total. The van der Waals surface area contributed by atoms with Gasteiger partial charge in [-0.2, -0.15) is 0 Å². The molecule has 1 nitrogen and oxygen atoms in total. The second kappa shape index (κ2) is 6.36. The highest BCUT2D eigenvalue weighted by Gasteiger charge is 2.00. The van der Waals surface area contributed by atoms with Crippen LogP contribution in [-0.2, 0) is 4.79 Å². The molecule has 0 saturated heterocycles. The Bertz CT molecular complexity index is 258. The van der Waals surface area contributed by atoms with Gasteiger partial charge in [0.2, 0.25) is 0 Å². The summed E-state index contributed by atoms with van der Waals surface area (Å²) in [5.74, 6) is 0.205. The maximum absolute atomic E-state index is 11.3. The highest BCUT2D eigenvalue weighted by Crippen LogP contribution is 2.18. The molecule has 76 valence electrons. The number of hydrogen-bond donors (Lipinski definition) is 0. The monoisotopic (exact) mass is 190 g/mol. The lowest BCUT2D eigenvalue weighted by Gasteiger charge is -2.07. The van der Waals surface area contributed by atoms with Crippen molar-refractivity contribution in [3.05, 3.63) is 36.5 Å². The standard InChI is InChI=1S/C13H18O/c1-2-3-9-13(14)11-10-12-7-5-4-6-8-12/h2,7,10-11H,1,3-6,8-9H2. The van der Waals surface area contributed by atoms with Gasteiger partial charge in [-0.25, -0.2) is 0 Å². The third-order valence-electron chi connectivity index (χ3n) is 2.40. The van der Waals surface area contributed by atoms with Crippen LogP contribution in [0.1, 0.15) is 38.5 Å². The van der Waals surface area contributed by atoms with Crippen molar-refractivity contribution >= 4 is 5.78 Å². The Hall–Kier alpha value is -1.11. The quantitative estimate of drug-likeness (QED) is 0.478. The predicted octanol–water partition coefficient (Wildman–Crippen LogP) is 3.58. The van der Waals surface area contributed by atoms with Gasteiger partial charge in [-0.1, -0.05) is 23.8 Å². The zero-order valence-corrected chi connectivity index (χ0v) is 8.67. The van der Waals surface area contributed by atoms with Gasteiger partial charge >= 0.3 is 0 Å². The maximum atomic E-state index is 11.3. The summed E-state index contributed by atoms with van der Waals surface area (Å²) < 4.78 is 0. The van der Waals surface area contributed by atoms with E-state index in [9.17, 15) is 4.79 Å². The average molecular weight is 190 g/mol. The van der Waals surface area contributed by atoms with Gasteiger partial charge in [-0.15, -0.1) is 6.58 Å². The van der Waals surface area contributed by atoms with Crippen LogP contribution in [0.2, 0.25) is 0 Å². The van der Waals surface area contributed by atoms with Crippen LogP contribution in [0.5, 0.6) is 0 Å². The first-order chi connectivity index (χ1) is 6.83. The third-order valence-corrected chi connectivity index (χ3v) is 2.40. The third kappa shape index (κ3) is 4.22. The van der Waals surface area contributed by atoms with Crippen LogP contribution in [0.4, 0.5) is 0 Å². The molecule has 1 heteroatoms. The molecule has 0 spiro atoms. The molecule has 0 aliphatic heterocycles. The van der Waals surface area contributed by atoms with E-state index < -0.39 is 0 Å². The molecule has 1 aliphatic carbocycles. The van der Waals surface area contributed by atoms with E-state index in [0.717, 1.165) is 12.8 Å². The molecule has 0 atom stereocenters. The van der Waals surface area contributed by atoms with Gasteiger partial charge in [0, 0.05) is 6.42 Å². The van der Waals surface area contributed by atoms with Crippen molar-refractivity contribution in [2.45, 2.75) is 38.5 Å². The lowest BCUT2D eigenvalue weighted by molar-refractivity contribution is -0.114. The van der Waals surface area contributed by atoms with Crippen LogP contribution in [-0.4, -0.2) is 5.78 Å². The molecule has 14 heavy (non-hydrogen) atoms. The van der Waals surface area contributed by atoms with Crippen molar-refractivity contribution in [2.75, 3.05) is 0 Å². The minimum absolute atomic E-state index is 0.205. The fourth-order valence-electron chi connectivity index (χ4n) is 1.54. The molecule has 0 aromatic carbocycles. The molecular weight excluding hydrogens is 172 g/mol. The van der Waals surface area contributed by atoms with Gasteiger partial charge in [0.15, 0.2) is 5.78 Å². The van der Waals surface area contributed by atoms with E-state index in [4.69, 9.17) is 0 Å². The second-order valence-electron chi connectivity index (χ2n) is 3.65. The predicted molar refractivity (Wildman–Crippen MR) is 60.1 cm³/mol. The van der Waals surface area contributed by atoms with E-state index in [0.29, 0.717) is 6.42 Å². The lowest BCUT2D eigenvalue weighted by atomic mass is 9.99. The van der Waals surface area contributed by atoms with Crippen LogP contribution in [0, 0.1) is 0 Å². The first-order valence-electron chi connectivity index (χ1n) is 5.34. The van der Waals surface area contributed by atoms with Crippen LogP contribution in [0.3, 0.4) is 0 Å². The smallest absolute Gasteiger partial charge is 0.156 e. The Kier molecular flexibility index (Phi) is 4.98. The SMILES string of the molecule is C=CCCC(=O)C=CC1=CCCCC1. The highest BCUT2D eigenvalue weighted by molar-refractivity contribution is 5.90. The number of allylic oxidation sites excluding steroid dienone is 5. The molecule has 1 rings (SSSR count). The molecular formula is C13H18O. The summed E-state index contributed by atoms with van der Waals surface area (Å²) in [6, 6.07) is 0. The van der Waals surface area contributed by atoms with Gasteiger partial charge in [-0.3, -0.25) is 4.79 Å². The fraction of sp³-hybridized carbons (Fsp3) is 0.462. The average Bonchev–Trinajstić information content (AvgIpc) is 2.25. The maximum Gasteiger partial charge on any atom is 0.156 e. The zero-order valence-electron chi connectivity index (χ0n) is 8.67. The van der Waals surface area contributed by atoms with Gasteiger partial charge in [0.05, 0.1) is 0 Å². The summed E-state index contributed by atoms with van der Waals surface area (Å²) >= 11 is 0. The van der Waals surface area contributed by atoms with E-state index in [1.165, 1.54) is 24.8 Å². The summed E-state index contributed by atoms with van der Waals surface area (Å²) in [6.45, 7) is 3.59. The zero-order chi connectivity index (χ0) is 10.2. The molecule has 0 radical (unpaired) electrons. The molecule has 1 aliphatic rings. The van der Waals surface area contributed by atoms with Gasteiger partial charge in [-0.05, 0) is 38.2 Å².